The van der Waals surface area contributed by atoms with Crippen molar-refractivity contribution in [3.8, 4) is 17.6 Å². The van der Waals surface area contributed by atoms with Gasteiger partial charge in [-0.3, -0.25) is 0 Å². The zero-order chi connectivity index (χ0) is 19.8. The maximum absolute atomic E-state index is 12.3. The molecule has 1 aliphatic rings. The van der Waals surface area contributed by atoms with E-state index < -0.39 is 0 Å². The van der Waals surface area contributed by atoms with Crippen LogP contribution in [0, 0.1) is 11.3 Å². The highest BCUT2D eigenvalue weighted by atomic mass is 16.5. The number of rotatable bonds is 6. The van der Waals surface area contributed by atoms with Gasteiger partial charge < -0.3 is 24.6 Å². The molecule has 2 amide bonds. The Kier molecular flexibility index (Phi) is 6.58. The van der Waals surface area contributed by atoms with Crippen molar-refractivity contribution in [2.75, 3.05) is 51.3 Å². The van der Waals surface area contributed by atoms with Crippen LogP contribution in [-0.4, -0.2) is 57.4 Å². The Balaban J connectivity index is 1.38. The van der Waals surface area contributed by atoms with Crippen molar-refractivity contribution in [3.63, 3.8) is 0 Å². The predicted molar refractivity (Wildman–Crippen MR) is 107 cm³/mol. The van der Waals surface area contributed by atoms with Crippen molar-refractivity contribution < 1.29 is 14.3 Å². The molecule has 1 aliphatic heterocycles. The van der Waals surface area contributed by atoms with E-state index in [0.717, 1.165) is 30.3 Å². The molecule has 3 rings (SSSR count). The smallest absolute Gasteiger partial charge is 0.317 e. The van der Waals surface area contributed by atoms with Crippen LogP contribution in [0.4, 0.5) is 10.5 Å². The molecule has 0 aromatic heterocycles. The van der Waals surface area contributed by atoms with Gasteiger partial charge in [-0.2, -0.15) is 5.26 Å². The Hall–Kier alpha value is -3.40. The van der Waals surface area contributed by atoms with E-state index in [1.54, 1.807) is 18.1 Å². The molecule has 0 unspecified atom stereocenters. The van der Waals surface area contributed by atoms with Crippen molar-refractivity contribution >= 4 is 11.7 Å². The molecule has 7 nitrogen and oxygen atoms in total. The molecule has 1 fully saturated rings. The number of hydrogen-bond donors (Lipinski definition) is 1. The van der Waals surface area contributed by atoms with Gasteiger partial charge in [0, 0.05) is 31.9 Å². The summed E-state index contributed by atoms with van der Waals surface area (Å²) in [6.45, 7) is 3.60. The number of urea groups is 1. The number of hydrogen-bond acceptors (Lipinski definition) is 5. The average molecular weight is 380 g/mol. The number of piperazine rings is 1. The molecule has 0 aliphatic carbocycles. The molecular weight excluding hydrogens is 356 g/mol. The molecule has 0 saturated carbocycles. The fraction of sp³-hybridized carbons (Fsp3) is 0.333. The summed E-state index contributed by atoms with van der Waals surface area (Å²) < 4.78 is 10.7. The number of nitriles is 1. The maximum Gasteiger partial charge on any atom is 0.317 e. The molecule has 2 aromatic carbocycles. The van der Waals surface area contributed by atoms with Crippen LogP contribution in [0.5, 0.6) is 11.5 Å². The first-order valence-electron chi connectivity index (χ1n) is 9.24. The highest BCUT2D eigenvalue weighted by Gasteiger charge is 2.21. The number of carbonyl (C=O) groups excluding carboxylic acids is 1. The van der Waals surface area contributed by atoms with E-state index in [1.165, 1.54) is 0 Å². The third-order valence-corrected chi connectivity index (χ3v) is 4.61. The molecule has 7 heteroatoms. The minimum absolute atomic E-state index is 0.0799. The van der Waals surface area contributed by atoms with E-state index >= 15 is 0 Å². The zero-order valence-corrected chi connectivity index (χ0v) is 15.9. The Labute approximate surface area is 165 Å². The largest absolute Gasteiger partial charge is 0.497 e. The summed E-state index contributed by atoms with van der Waals surface area (Å²) >= 11 is 0. The van der Waals surface area contributed by atoms with Crippen molar-refractivity contribution in [2.24, 2.45) is 0 Å². The Morgan fingerprint density at radius 1 is 1.11 bits per heavy atom. The number of nitrogens with one attached hydrogen (secondary N) is 1. The standard InChI is InChI=1S/C21H24N4O3/c1-27-19-5-7-20(8-6-19)28-14-9-23-21(26)25-12-10-24(11-13-25)18-4-2-3-17(15-18)16-22/h2-8,15H,9-14H2,1H3,(H,23,26). The molecule has 0 spiro atoms. The van der Waals surface area contributed by atoms with Gasteiger partial charge in [-0.05, 0) is 42.5 Å². The van der Waals surface area contributed by atoms with Gasteiger partial charge in [0.05, 0.1) is 25.3 Å². The predicted octanol–water partition coefficient (Wildman–Crippen LogP) is 2.48. The Morgan fingerprint density at radius 3 is 2.50 bits per heavy atom. The summed E-state index contributed by atoms with van der Waals surface area (Å²) in [5.74, 6) is 1.52. The minimum atomic E-state index is -0.0799. The van der Waals surface area contributed by atoms with Crippen LogP contribution in [0.25, 0.3) is 0 Å². The summed E-state index contributed by atoms with van der Waals surface area (Å²) in [5.41, 5.74) is 1.67. The molecule has 2 aromatic rings. The SMILES string of the molecule is COc1ccc(OCCNC(=O)N2CCN(c3cccc(C#N)c3)CC2)cc1. The summed E-state index contributed by atoms with van der Waals surface area (Å²) in [6.07, 6.45) is 0. The van der Waals surface area contributed by atoms with Gasteiger partial charge in [-0.1, -0.05) is 6.07 Å². The van der Waals surface area contributed by atoms with Crippen molar-refractivity contribution in [1.29, 1.82) is 5.26 Å². The van der Waals surface area contributed by atoms with Crippen LogP contribution in [0.15, 0.2) is 48.5 Å². The van der Waals surface area contributed by atoms with Crippen LogP contribution < -0.4 is 19.7 Å². The Morgan fingerprint density at radius 2 is 1.82 bits per heavy atom. The lowest BCUT2D eigenvalue weighted by Gasteiger charge is -2.36. The number of carbonyl (C=O) groups is 1. The van der Waals surface area contributed by atoms with Crippen LogP contribution in [0.3, 0.4) is 0 Å². The number of methoxy groups -OCH3 is 1. The summed E-state index contributed by atoms with van der Waals surface area (Å²) in [6, 6.07) is 17.0. The van der Waals surface area contributed by atoms with Crippen LogP contribution >= 0.6 is 0 Å². The monoisotopic (exact) mass is 380 g/mol. The molecule has 1 heterocycles. The van der Waals surface area contributed by atoms with E-state index in [-0.39, 0.29) is 6.03 Å². The Bertz CT molecular complexity index is 824. The first kappa shape index (κ1) is 19.4. The molecule has 28 heavy (non-hydrogen) atoms. The van der Waals surface area contributed by atoms with Gasteiger partial charge >= 0.3 is 6.03 Å². The molecule has 146 valence electrons. The molecule has 0 bridgehead atoms. The van der Waals surface area contributed by atoms with E-state index in [0.29, 0.717) is 31.8 Å². The second-order valence-corrected chi connectivity index (χ2v) is 6.39. The third-order valence-electron chi connectivity index (χ3n) is 4.61. The van der Waals surface area contributed by atoms with Crippen molar-refractivity contribution in [2.45, 2.75) is 0 Å². The van der Waals surface area contributed by atoms with Crippen LogP contribution in [-0.2, 0) is 0 Å². The fourth-order valence-electron chi connectivity index (χ4n) is 3.05. The molecule has 0 atom stereocenters. The van der Waals surface area contributed by atoms with Gasteiger partial charge in [-0.25, -0.2) is 4.79 Å². The molecular formula is C21H24N4O3. The summed E-state index contributed by atoms with van der Waals surface area (Å²) in [7, 11) is 1.62. The summed E-state index contributed by atoms with van der Waals surface area (Å²) in [5, 5.41) is 11.9. The molecule has 0 radical (unpaired) electrons. The van der Waals surface area contributed by atoms with Crippen molar-refractivity contribution in [1.82, 2.24) is 10.2 Å². The quantitative estimate of drug-likeness (QED) is 0.779. The highest BCUT2D eigenvalue weighted by molar-refractivity contribution is 5.74. The number of ether oxygens (including phenoxy) is 2. The second kappa shape index (κ2) is 9.51. The number of anilines is 1. The lowest BCUT2D eigenvalue weighted by Crippen LogP contribution is -2.52. The number of amides is 2. The van der Waals surface area contributed by atoms with Gasteiger partial charge in [0.2, 0.25) is 0 Å². The summed E-state index contributed by atoms with van der Waals surface area (Å²) in [4.78, 5) is 16.3. The number of benzene rings is 2. The minimum Gasteiger partial charge on any atom is -0.497 e. The lowest BCUT2D eigenvalue weighted by molar-refractivity contribution is 0.191. The topological polar surface area (TPSA) is 77.8 Å². The van der Waals surface area contributed by atoms with Crippen molar-refractivity contribution in [3.05, 3.63) is 54.1 Å². The molecule has 1 N–H and O–H groups in total. The fourth-order valence-corrected chi connectivity index (χ4v) is 3.05. The molecule has 1 saturated heterocycles. The first-order chi connectivity index (χ1) is 13.7. The maximum atomic E-state index is 12.3. The zero-order valence-electron chi connectivity index (χ0n) is 15.9. The van der Waals surface area contributed by atoms with E-state index in [9.17, 15) is 4.79 Å². The van der Waals surface area contributed by atoms with Gasteiger partial charge in [0.15, 0.2) is 0 Å². The van der Waals surface area contributed by atoms with E-state index in [2.05, 4.69) is 16.3 Å². The van der Waals surface area contributed by atoms with Gasteiger partial charge in [-0.15, -0.1) is 0 Å². The highest BCUT2D eigenvalue weighted by Crippen LogP contribution is 2.18. The first-order valence-corrected chi connectivity index (χ1v) is 9.24. The third kappa shape index (κ3) is 5.07. The normalized spacial score (nSPS) is 13.6. The van der Waals surface area contributed by atoms with E-state index in [4.69, 9.17) is 14.7 Å². The second-order valence-electron chi connectivity index (χ2n) is 6.39. The van der Waals surface area contributed by atoms with Crippen LogP contribution in [0.2, 0.25) is 0 Å². The van der Waals surface area contributed by atoms with Gasteiger partial charge in [0.1, 0.15) is 18.1 Å². The lowest BCUT2D eigenvalue weighted by atomic mass is 10.2. The van der Waals surface area contributed by atoms with Crippen LogP contribution in [0.1, 0.15) is 5.56 Å². The van der Waals surface area contributed by atoms with Gasteiger partial charge in [0.25, 0.3) is 0 Å². The number of nitrogens with zero attached hydrogens (tertiary/aromatic N) is 3. The van der Waals surface area contributed by atoms with E-state index in [1.807, 2.05) is 42.5 Å². The average Bonchev–Trinajstić information content (AvgIpc) is 2.77.